The smallest absolute Gasteiger partial charge is 0.200 e. The zero-order valence-electron chi connectivity index (χ0n) is 18.4. The molecule has 0 aliphatic carbocycles. The molecule has 8 heteroatoms. The van der Waals surface area contributed by atoms with Crippen molar-refractivity contribution in [2.45, 2.75) is 52.5 Å². The number of benzene rings is 1. The number of tetrazole rings is 1. The number of hydrogen-bond donors (Lipinski definition) is 1. The molecule has 32 heavy (non-hydrogen) atoms. The van der Waals surface area contributed by atoms with Crippen LogP contribution in [0.25, 0.3) is 11.6 Å². The first-order valence-corrected chi connectivity index (χ1v) is 11.3. The van der Waals surface area contributed by atoms with Crippen molar-refractivity contribution in [1.29, 1.82) is 0 Å². The summed E-state index contributed by atoms with van der Waals surface area (Å²) in [6.45, 7) is 4.79. The topological polar surface area (TPSA) is 85.4 Å². The number of nitrogens with one attached hydrogen (secondary N) is 1. The van der Waals surface area contributed by atoms with E-state index >= 15 is 0 Å². The van der Waals surface area contributed by atoms with E-state index in [0.29, 0.717) is 18.8 Å². The molecule has 0 amide bonds. The fourth-order valence-corrected chi connectivity index (χ4v) is 3.86. The van der Waals surface area contributed by atoms with Gasteiger partial charge in [0.25, 0.3) is 0 Å². The summed E-state index contributed by atoms with van der Waals surface area (Å²) in [6.07, 6.45) is 8.58. The third kappa shape index (κ3) is 5.34. The lowest BCUT2D eigenvalue weighted by Crippen LogP contribution is -2.08. The predicted octanol–water partition coefficient (Wildman–Crippen LogP) is 5.52. The van der Waals surface area contributed by atoms with Gasteiger partial charge in [-0.2, -0.15) is 5.21 Å². The Morgan fingerprint density at radius 1 is 1.19 bits per heavy atom. The maximum absolute atomic E-state index is 6.46. The van der Waals surface area contributed by atoms with E-state index in [1.807, 2.05) is 43.5 Å². The van der Waals surface area contributed by atoms with Crippen LogP contribution in [0.4, 0.5) is 0 Å². The maximum atomic E-state index is 6.46. The molecule has 0 fully saturated rings. The summed E-state index contributed by atoms with van der Waals surface area (Å²) in [4.78, 5) is 4.73. The number of halogens is 1. The van der Waals surface area contributed by atoms with Gasteiger partial charge in [0, 0.05) is 23.4 Å². The van der Waals surface area contributed by atoms with Crippen LogP contribution in [0.2, 0.25) is 5.02 Å². The van der Waals surface area contributed by atoms with Crippen LogP contribution in [-0.4, -0.2) is 30.2 Å². The van der Waals surface area contributed by atoms with Gasteiger partial charge in [-0.15, -0.1) is 10.2 Å². The molecular formula is C24H27ClN6O. The van der Waals surface area contributed by atoms with E-state index in [9.17, 15) is 0 Å². The molecule has 0 spiro atoms. The van der Waals surface area contributed by atoms with Gasteiger partial charge in [-0.1, -0.05) is 43.1 Å². The molecule has 3 aromatic heterocycles. The number of allylic oxidation sites excluding steroid dienone is 1. The molecule has 1 aromatic carbocycles. The minimum Gasteiger partial charge on any atom is -0.466 e. The van der Waals surface area contributed by atoms with E-state index < -0.39 is 0 Å². The Balaban J connectivity index is 1.68. The first kappa shape index (κ1) is 22.0. The van der Waals surface area contributed by atoms with Crippen molar-refractivity contribution >= 4 is 23.3 Å². The third-order valence-electron chi connectivity index (χ3n) is 5.40. The Hall–Kier alpha value is -3.19. The average molecular weight is 451 g/mol. The molecule has 3 heterocycles. The monoisotopic (exact) mass is 450 g/mol. The maximum Gasteiger partial charge on any atom is 0.200 e. The Kier molecular flexibility index (Phi) is 7.17. The quantitative estimate of drug-likeness (QED) is 0.344. The van der Waals surface area contributed by atoms with Gasteiger partial charge in [0.1, 0.15) is 17.3 Å². The van der Waals surface area contributed by atoms with Crippen molar-refractivity contribution in [3.8, 4) is 0 Å². The second-order valence-corrected chi connectivity index (χ2v) is 8.20. The van der Waals surface area contributed by atoms with Crippen molar-refractivity contribution in [3.63, 3.8) is 0 Å². The van der Waals surface area contributed by atoms with E-state index in [-0.39, 0.29) is 0 Å². The van der Waals surface area contributed by atoms with Crippen molar-refractivity contribution in [2.24, 2.45) is 0 Å². The Morgan fingerprint density at radius 3 is 2.78 bits per heavy atom. The molecule has 0 atom stereocenters. The van der Waals surface area contributed by atoms with Gasteiger partial charge in [0.2, 0.25) is 5.82 Å². The molecule has 0 bridgehead atoms. The van der Waals surface area contributed by atoms with Gasteiger partial charge in [0.15, 0.2) is 0 Å². The van der Waals surface area contributed by atoms with Crippen LogP contribution in [0.3, 0.4) is 0 Å². The van der Waals surface area contributed by atoms with Crippen LogP contribution in [-0.2, 0) is 19.4 Å². The van der Waals surface area contributed by atoms with Crippen LogP contribution >= 0.6 is 11.6 Å². The number of rotatable bonds is 10. The number of aromatic amines is 1. The van der Waals surface area contributed by atoms with E-state index in [0.717, 1.165) is 64.9 Å². The molecule has 0 aliphatic rings. The number of H-pyrrole nitrogens is 1. The SMILES string of the molecule is CCCCc1ncc(/C=C(/CCc2ccc(C)o2)c2nn[nH]n2)n1Cc1ccccc1Cl. The van der Waals surface area contributed by atoms with Crippen molar-refractivity contribution in [2.75, 3.05) is 0 Å². The lowest BCUT2D eigenvalue weighted by molar-refractivity contribution is 0.484. The van der Waals surface area contributed by atoms with Crippen LogP contribution in [0.15, 0.2) is 47.0 Å². The van der Waals surface area contributed by atoms with Gasteiger partial charge < -0.3 is 8.98 Å². The summed E-state index contributed by atoms with van der Waals surface area (Å²) in [5.41, 5.74) is 3.02. The molecule has 0 saturated heterocycles. The fourth-order valence-electron chi connectivity index (χ4n) is 3.66. The fraction of sp³-hybridized carbons (Fsp3) is 0.333. The van der Waals surface area contributed by atoms with Gasteiger partial charge in [0.05, 0.1) is 18.4 Å². The van der Waals surface area contributed by atoms with Crippen molar-refractivity contribution in [3.05, 3.63) is 82.0 Å². The molecule has 0 radical (unpaired) electrons. The molecule has 166 valence electrons. The summed E-state index contributed by atoms with van der Waals surface area (Å²) < 4.78 is 7.97. The van der Waals surface area contributed by atoms with E-state index in [4.69, 9.17) is 21.0 Å². The number of aromatic nitrogens is 6. The van der Waals surface area contributed by atoms with Crippen LogP contribution in [0, 0.1) is 6.92 Å². The lowest BCUT2D eigenvalue weighted by atomic mass is 10.1. The summed E-state index contributed by atoms with van der Waals surface area (Å²) in [5, 5.41) is 15.5. The number of nitrogens with zero attached hydrogens (tertiary/aromatic N) is 5. The number of furan rings is 1. The Labute approximate surface area is 192 Å². The molecule has 0 unspecified atom stereocenters. The minimum atomic E-state index is 0.578. The van der Waals surface area contributed by atoms with Gasteiger partial charge >= 0.3 is 0 Å². The Morgan fingerprint density at radius 2 is 2.06 bits per heavy atom. The molecule has 0 aliphatic heterocycles. The summed E-state index contributed by atoms with van der Waals surface area (Å²) in [6, 6.07) is 11.9. The third-order valence-corrected chi connectivity index (χ3v) is 5.77. The highest BCUT2D eigenvalue weighted by molar-refractivity contribution is 6.31. The van der Waals surface area contributed by atoms with Gasteiger partial charge in [-0.25, -0.2) is 4.98 Å². The highest BCUT2D eigenvalue weighted by Crippen LogP contribution is 2.24. The largest absolute Gasteiger partial charge is 0.466 e. The second-order valence-electron chi connectivity index (χ2n) is 7.80. The molecule has 4 rings (SSSR count). The molecular weight excluding hydrogens is 424 g/mol. The second kappa shape index (κ2) is 10.4. The molecule has 4 aromatic rings. The number of hydrogen-bond acceptors (Lipinski definition) is 5. The first-order valence-electron chi connectivity index (χ1n) is 10.9. The summed E-state index contributed by atoms with van der Waals surface area (Å²) in [7, 11) is 0. The normalized spacial score (nSPS) is 11.9. The number of unbranched alkanes of at least 4 members (excludes halogenated alkanes) is 1. The van der Waals surface area contributed by atoms with Crippen molar-refractivity contribution < 1.29 is 4.42 Å². The van der Waals surface area contributed by atoms with Gasteiger partial charge in [-0.3, -0.25) is 0 Å². The van der Waals surface area contributed by atoms with Gasteiger partial charge in [-0.05, 0) is 54.8 Å². The highest BCUT2D eigenvalue weighted by Gasteiger charge is 2.14. The lowest BCUT2D eigenvalue weighted by Gasteiger charge is -2.12. The van der Waals surface area contributed by atoms with E-state index in [1.54, 1.807) is 0 Å². The average Bonchev–Trinajstić information content (AvgIpc) is 3.54. The van der Waals surface area contributed by atoms with E-state index in [2.05, 4.69) is 44.3 Å². The standard InChI is InChI=1S/C24H27ClN6O/c1-3-4-9-23-26-15-20(31(23)16-19-7-5-6-8-22(19)25)14-18(24-27-29-30-28-24)11-13-21-12-10-17(2)32-21/h5-8,10,12,14-15H,3-4,9,11,13,16H2,1-2H3,(H,27,28,29,30)/b18-14-. The molecule has 0 saturated carbocycles. The predicted molar refractivity (Wildman–Crippen MR) is 125 cm³/mol. The Bertz CT molecular complexity index is 1180. The van der Waals surface area contributed by atoms with Crippen LogP contribution < -0.4 is 0 Å². The number of imidazole rings is 1. The van der Waals surface area contributed by atoms with Crippen molar-refractivity contribution in [1.82, 2.24) is 30.2 Å². The highest BCUT2D eigenvalue weighted by atomic mass is 35.5. The van der Waals surface area contributed by atoms with E-state index in [1.165, 1.54) is 0 Å². The minimum absolute atomic E-state index is 0.578. The van der Waals surface area contributed by atoms with Crippen LogP contribution in [0.5, 0.6) is 0 Å². The number of aryl methyl sites for hydroxylation is 3. The zero-order chi connectivity index (χ0) is 22.3. The van der Waals surface area contributed by atoms with Crippen LogP contribution in [0.1, 0.15) is 60.6 Å². The summed E-state index contributed by atoms with van der Waals surface area (Å²) >= 11 is 6.46. The molecule has 1 N–H and O–H groups in total. The summed E-state index contributed by atoms with van der Waals surface area (Å²) in [5.74, 6) is 3.47. The first-order chi connectivity index (χ1) is 15.6. The molecule has 7 nitrogen and oxygen atoms in total. The zero-order valence-corrected chi connectivity index (χ0v) is 19.1.